The molecule has 13 heavy (non-hydrogen) atoms. The van der Waals surface area contributed by atoms with Crippen molar-refractivity contribution in [1.82, 2.24) is 14.8 Å². The van der Waals surface area contributed by atoms with Crippen LogP contribution in [0.2, 0.25) is 0 Å². The Bertz CT molecular complexity index is 236. The summed E-state index contributed by atoms with van der Waals surface area (Å²) in [6.07, 6.45) is 2.79. The van der Waals surface area contributed by atoms with E-state index in [2.05, 4.69) is 14.8 Å². The van der Waals surface area contributed by atoms with Gasteiger partial charge >= 0.3 is 0 Å². The van der Waals surface area contributed by atoms with Crippen LogP contribution in [0.3, 0.4) is 0 Å². The molecule has 0 amide bonds. The molecule has 78 valence electrons. The molecule has 1 unspecified atom stereocenters. The smallest absolute Gasteiger partial charge is 0.278 e. The molecule has 3 N–H and O–H groups in total. The fourth-order valence-electron chi connectivity index (χ4n) is 1.07. The van der Waals surface area contributed by atoms with E-state index in [1.807, 2.05) is 0 Å². The van der Waals surface area contributed by atoms with Crippen LogP contribution in [0, 0.1) is 0 Å². The summed E-state index contributed by atoms with van der Waals surface area (Å²) < 4.78 is 27.7. The predicted octanol–water partition coefficient (Wildman–Crippen LogP) is -0.472. The predicted molar refractivity (Wildman–Crippen MR) is 51.4 cm³/mol. The van der Waals surface area contributed by atoms with Crippen LogP contribution in [0.4, 0.5) is 0 Å². The molecule has 1 rings (SSSR count). The van der Waals surface area contributed by atoms with Gasteiger partial charge in [-0.15, -0.1) is 0 Å². The Balaban J connectivity index is 2.36. The lowest BCUT2D eigenvalue weighted by Crippen LogP contribution is -2.51. The van der Waals surface area contributed by atoms with Crippen LogP contribution >= 0.6 is 0 Å². The molecular formula is C7H17N3O2S. The second kappa shape index (κ2) is 4.36. The van der Waals surface area contributed by atoms with Crippen molar-refractivity contribution < 1.29 is 8.42 Å². The Morgan fingerprint density at radius 1 is 1.38 bits per heavy atom. The molecule has 0 aromatic rings. The van der Waals surface area contributed by atoms with Crippen molar-refractivity contribution in [2.24, 2.45) is 0 Å². The van der Waals surface area contributed by atoms with Gasteiger partial charge in [0.05, 0.1) is 6.17 Å². The molecule has 6 heteroatoms. The minimum absolute atomic E-state index is 0.140. The largest absolute Gasteiger partial charge is 0.304 e. The maximum absolute atomic E-state index is 11.3. The van der Waals surface area contributed by atoms with Crippen LogP contribution in [0.5, 0.6) is 0 Å². The lowest BCUT2D eigenvalue weighted by Gasteiger charge is -2.26. The SMILES string of the molecule is CNC(C)NS(=O)(=O)NC1CCC1. The zero-order chi connectivity index (χ0) is 9.90. The van der Waals surface area contributed by atoms with Gasteiger partial charge in [-0.25, -0.2) is 0 Å². The summed E-state index contributed by atoms with van der Waals surface area (Å²) in [4.78, 5) is 0. The number of nitrogens with one attached hydrogen (secondary N) is 3. The minimum atomic E-state index is -3.32. The maximum Gasteiger partial charge on any atom is 0.278 e. The topological polar surface area (TPSA) is 70.2 Å². The van der Waals surface area contributed by atoms with E-state index in [-0.39, 0.29) is 12.2 Å². The highest BCUT2D eigenvalue weighted by atomic mass is 32.2. The van der Waals surface area contributed by atoms with Crippen LogP contribution < -0.4 is 14.8 Å². The van der Waals surface area contributed by atoms with Gasteiger partial charge in [0.2, 0.25) is 0 Å². The van der Waals surface area contributed by atoms with Gasteiger partial charge in [0, 0.05) is 6.04 Å². The quantitative estimate of drug-likeness (QED) is 0.534. The zero-order valence-electron chi connectivity index (χ0n) is 8.00. The van der Waals surface area contributed by atoms with Crippen molar-refractivity contribution >= 4 is 10.2 Å². The van der Waals surface area contributed by atoms with E-state index in [0.717, 1.165) is 19.3 Å². The molecule has 1 atom stereocenters. The Morgan fingerprint density at radius 3 is 2.38 bits per heavy atom. The highest BCUT2D eigenvalue weighted by molar-refractivity contribution is 7.87. The highest BCUT2D eigenvalue weighted by Gasteiger charge is 2.23. The Kier molecular flexibility index (Phi) is 3.66. The summed E-state index contributed by atoms with van der Waals surface area (Å²) in [6.45, 7) is 1.75. The van der Waals surface area contributed by atoms with E-state index < -0.39 is 10.2 Å². The van der Waals surface area contributed by atoms with Crippen molar-refractivity contribution in [2.75, 3.05) is 7.05 Å². The summed E-state index contributed by atoms with van der Waals surface area (Å²) in [7, 11) is -1.61. The molecule has 0 heterocycles. The summed E-state index contributed by atoms with van der Waals surface area (Å²) in [5, 5.41) is 2.80. The van der Waals surface area contributed by atoms with Crippen LogP contribution in [0.1, 0.15) is 26.2 Å². The standard InChI is InChI=1S/C7H17N3O2S/c1-6(8-2)9-13(11,12)10-7-4-3-5-7/h6-10H,3-5H2,1-2H3. The van der Waals surface area contributed by atoms with Gasteiger partial charge in [-0.05, 0) is 26.8 Å². The van der Waals surface area contributed by atoms with E-state index >= 15 is 0 Å². The summed E-state index contributed by atoms with van der Waals surface area (Å²) in [5.41, 5.74) is 0. The van der Waals surface area contributed by atoms with Crippen molar-refractivity contribution in [2.45, 2.75) is 38.4 Å². The molecule has 0 aromatic carbocycles. The van der Waals surface area contributed by atoms with Crippen molar-refractivity contribution in [3.05, 3.63) is 0 Å². The molecular weight excluding hydrogens is 190 g/mol. The fourth-order valence-corrected chi connectivity index (χ4v) is 2.40. The Hall–Kier alpha value is -0.170. The monoisotopic (exact) mass is 207 g/mol. The third-order valence-electron chi connectivity index (χ3n) is 2.19. The van der Waals surface area contributed by atoms with Gasteiger partial charge in [-0.2, -0.15) is 17.9 Å². The zero-order valence-corrected chi connectivity index (χ0v) is 8.82. The van der Waals surface area contributed by atoms with Crippen LogP contribution in [0.25, 0.3) is 0 Å². The second-order valence-corrected chi connectivity index (χ2v) is 4.86. The Morgan fingerprint density at radius 2 is 2.00 bits per heavy atom. The average molecular weight is 207 g/mol. The molecule has 0 saturated heterocycles. The average Bonchev–Trinajstić information content (AvgIpc) is 1.96. The van der Waals surface area contributed by atoms with E-state index in [1.165, 1.54) is 0 Å². The Labute approximate surface area is 79.5 Å². The molecule has 0 radical (unpaired) electrons. The third kappa shape index (κ3) is 3.60. The minimum Gasteiger partial charge on any atom is -0.304 e. The lowest BCUT2D eigenvalue weighted by molar-refractivity contribution is 0.379. The molecule has 5 nitrogen and oxygen atoms in total. The van der Waals surface area contributed by atoms with Crippen LogP contribution in [-0.4, -0.2) is 27.7 Å². The third-order valence-corrected chi connectivity index (χ3v) is 3.50. The van der Waals surface area contributed by atoms with E-state index in [9.17, 15) is 8.42 Å². The van der Waals surface area contributed by atoms with Gasteiger partial charge in [-0.1, -0.05) is 6.42 Å². The van der Waals surface area contributed by atoms with E-state index in [0.29, 0.717) is 0 Å². The molecule has 1 fully saturated rings. The van der Waals surface area contributed by atoms with Crippen LogP contribution in [0.15, 0.2) is 0 Å². The summed E-state index contributed by atoms with van der Waals surface area (Å²) >= 11 is 0. The first-order valence-corrected chi connectivity index (χ1v) is 5.98. The molecule has 0 bridgehead atoms. The van der Waals surface area contributed by atoms with Crippen LogP contribution in [-0.2, 0) is 10.2 Å². The van der Waals surface area contributed by atoms with Gasteiger partial charge < -0.3 is 5.32 Å². The van der Waals surface area contributed by atoms with Gasteiger partial charge in [0.1, 0.15) is 0 Å². The van der Waals surface area contributed by atoms with Crippen molar-refractivity contribution in [1.29, 1.82) is 0 Å². The summed E-state index contributed by atoms with van der Waals surface area (Å²) in [5.74, 6) is 0. The first-order chi connectivity index (χ1) is 6.03. The van der Waals surface area contributed by atoms with E-state index in [4.69, 9.17) is 0 Å². The van der Waals surface area contributed by atoms with Gasteiger partial charge in [-0.3, -0.25) is 0 Å². The molecule has 1 aliphatic carbocycles. The molecule has 0 spiro atoms. The van der Waals surface area contributed by atoms with Crippen molar-refractivity contribution in [3.63, 3.8) is 0 Å². The fraction of sp³-hybridized carbons (Fsp3) is 1.00. The van der Waals surface area contributed by atoms with Gasteiger partial charge in [0.15, 0.2) is 0 Å². The lowest BCUT2D eigenvalue weighted by atomic mass is 9.94. The summed E-state index contributed by atoms with van der Waals surface area (Å²) in [6, 6.07) is 0.140. The number of hydrogen-bond acceptors (Lipinski definition) is 3. The van der Waals surface area contributed by atoms with E-state index in [1.54, 1.807) is 14.0 Å². The molecule has 1 saturated carbocycles. The first kappa shape index (κ1) is 10.9. The normalized spacial score (nSPS) is 21.1. The first-order valence-electron chi connectivity index (χ1n) is 4.50. The second-order valence-electron chi connectivity index (χ2n) is 3.38. The molecule has 1 aliphatic rings. The van der Waals surface area contributed by atoms with Gasteiger partial charge in [0.25, 0.3) is 10.2 Å². The maximum atomic E-state index is 11.3. The molecule has 0 aliphatic heterocycles. The van der Waals surface area contributed by atoms with Crippen molar-refractivity contribution in [3.8, 4) is 0 Å². The number of rotatable bonds is 5. The highest BCUT2D eigenvalue weighted by Crippen LogP contribution is 2.18. The molecule has 0 aromatic heterocycles. The number of hydrogen-bond donors (Lipinski definition) is 3.